The Morgan fingerprint density at radius 3 is 2.22 bits per heavy atom. The lowest BCUT2D eigenvalue weighted by Crippen LogP contribution is -2.28. The average molecular weight is 1140 g/mol. The molecule has 2 unspecified atom stereocenters. The highest BCUT2D eigenvalue weighted by atomic mass is 35.5. The van der Waals surface area contributed by atoms with E-state index in [1.807, 2.05) is 0 Å². The maximum Gasteiger partial charge on any atom is 0.431 e. The molecule has 0 aliphatic heterocycles. The average Bonchev–Trinajstić information content (AvgIpc) is 3.79. The van der Waals surface area contributed by atoms with Gasteiger partial charge in [-0.3, -0.25) is 23.5 Å². The van der Waals surface area contributed by atoms with Crippen molar-refractivity contribution >= 4 is 81.7 Å². The molecule has 3 N–H and O–H groups in total. The van der Waals surface area contributed by atoms with Crippen molar-refractivity contribution in [2.75, 3.05) is 37.3 Å². The summed E-state index contributed by atoms with van der Waals surface area (Å²) in [5.41, 5.74) is 2.30. The van der Waals surface area contributed by atoms with Crippen LogP contribution >= 0.6 is 23.5 Å². The van der Waals surface area contributed by atoms with Crippen molar-refractivity contribution in [3.8, 4) is 23.0 Å². The van der Waals surface area contributed by atoms with Gasteiger partial charge in [0.05, 0.1) is 34.8 Å². The minimum Gasteiger partial charge on any atom is -0.471 e. The number of esters is 1. The van der Waals surface area contributed by atoms with Crippen molar-refractivity contribution in [3.63, 3.8) is 0 Å². The molecule has 1 saturated carbocycles. The molecule has 2 aromatic carbocycles. The van der Waals surface area contributed by atoms with Crippen molar-refractivity contribution < 1.29 is 81.5 Å². The van der Waals surface area contributed by atoms with Crippen LogP contribution in [-0.2, 0) is 52.4 Å². The molecule has 1 aliphatic rings. The van der Waals surface area contributed by atoms with Crippen LogP contribution in [-0.4, -0.2) is 106 Å². The third-order valence-corrected chi connectivity index (χ3v) is 13.0. The largest absolute Gasteiger partial charge is 0.471 e. The Morgan fingerprint density at radius 1 is 1.08 bits per heavy atom. The summed E-state index contributed by atoms with van der Waals surface area (Å²) in [7, 11) is -0.0683. The van der Waals surface area contributed by atoms with Crippen molar-refractivity contribution in [2.45, 2.75) is 83.1 Å². The summed E-state index contributed by atoms with van der Waals surface area (Å²) in [6.07, 6.45) is -6.02. The summed E-state index contributed by atoms with van der Waals surface area (Å²) in [4.78, 5) is 53.9. The number of amides is 2. The number of carbonyl (C=O) groups is 4. The summed E-state index contributed by atoms with van der Waals surface area (Å²) in [5.74, 6) is -1.49. The fourth-order valence-electron chi connectivity index (χ4n) is 7.06. The Bertz CT molecular complexity index is 2920. The highest BCUT2D eigenvalue weighted by Crippen LogP contribution is 2.45. The molecule has 414 valence electrons. The van der Waals surface area contributed by atoms with Gasteiger partial charge < -0.3 is 25.3 Å². The van der Waals surface area contributed by atoms with E-state index in [1.54, 1.807) is 20.8 Å². The lowest BCUT2D eigenvalue weighted by Gasteiger charge is -2.21. The molecule has 0 spiro atoms. The lowest BCUT2D eigenvalue weighted by molar-refractivity contribution is -0.145. The van der Waals surface area contributed by atoms with Gasteiger partial charge in [0.1, 0.15) is 40.0 Å². The van der Waals surface area contributed by atoms with E-state index >= 15 is 0 Å². The molecule has 4 aromatic rings. The predicted molar refractivity (Wildman–Crippen MR) is 266 cm³/mol. The fraction of sp³-hybridized carbons (Fsp3) is 0.396. The molecule has 5 rings (SSSR count). The molecule has 2 aromatic heterocycles. The van der Waals surface area contributed by atoms with Crippen LogP contribution in [0.5, 0.6) is 0 Å². The molecule has 0 radical (unpaired) electrons. The number of halogens is 11. The SMILES string of the molecule is C/C=C/C(=O)OCOC(=O)N(SC)c1nn(CC(F)(F)F)c2c(-c3ccc(C#CC(C)(C)S(C)=O)nc3C(Cc3cc(F)cc(F)c3)NC=O)ccc(Cl)c12.CCN=C1/C(=C(\N)C(F)(F)F)[C@@H](C)CC1(F)F.COC=O. The van der Waals surface area contributed by atoms with Crippen molar-refractivity contribution in [1.82, 2.24) is 20.1 Å². The number of aliphatic imine (C=N–C) groups is 1. The van der Waals surface area contributed by atoms with E-state index < -0.39 is 106 Å². The summed E-state index contributed by atoms with van der Waals surface area (Å²) in [6, 6.07) is 7.29. The van der Waals surface area contributed by atoms with E-state index in [2.05, 4.69) is 37.0 Å². The fourth-order valence-corrected chi connectivity index (χ4v) is 7.99. The zero-order valence-electron chi connectivity index (χ0n) is 41.6. The maximum absolute atomic E-state index is 14.3. The topological polar surface area (TPSA) is 197 Å². The van der Waals surface area contributed by atoms with Gasteiger partial charge in [0.25, 0.3) is 12.4 Å². The molecule has 3 atom stereocenters. The molecule has 28 heteroatoms. The number of nitrogens with zero attached hydrogens (tertiary/aromatic N) is 5. The Morgan fingerprint density at radius 2 is 1.70 bits per heavy atom. The number of alkyl halides is 8. The van der Waals surface area contributed by atoms with Crippen LogP contribution < -0.4 is 15.4 Å². The monoisotopic (exact) mass is 1140 g/mol. The number of methoxy groups -OCH3 is 1. The van der Waals surface area contributed by atoms with E-state index in [9.17, 15) is 62.5 Å². The number of benzene rings is 2. The Kier molecular flexibility index (Phi) is 22.9. The third-order valence-electron chi connectivity index (χ3n) is 10.4. The molecule has 2 heterocycles. The summed E-state index contributed by atoms with van der Waals surface area (Å²) < 4.78 is 162. The molecule has 0 saturated heterocycles. The molecule has 15 nitrogen and oxygen atoms in total. The van der Waals surface area contributed by atoms with Crippen LogP contribution in [0.15, 0.2) is 70.9 Å². The molecule has 0 bridgehead atoms. The Hall–Kier alpha value is -6.66. The predicted octanol–water partition coefficient (Wildman–Crippen LogP) is 10.1. The van der Waals surface area contributed by atoms with Gasteiger partial charge in [0.2, 0.25) is 13.2 Å². The van der Waals surface area contributed by atoms with Crippen LogP contribution in [0.3, 0.4) is 0 Å². The van der Waals surface area contributed by atoms with E-state index in [4.69, 9.17) is 31.6 Å². The van der Waals surface area contributed by atoms with Gasteiger partial charge in [-0.25, -0.2) is 23.4 Å². The van der Waals surface area contributed by atoms with Crippen LogP contribution in [0.25, 0.3) is 22.0 Å². The maximum atomic E-state index is 14.3. The highest BCUT2D eigenvalue weighted by molar-refractivity contribution is 8.00. The Labute approximate surface area is 441 Å². The van der Waals surface area contributed by atoms with Gasteiger partial charge in [-0.2, -0.15) is 44.5 Å². The second kappa shape index (κ2) is 27.4. The number of rotatable bonds is 15. The number of pyridine rings is 1. The Balaban J connectivity index is 0.000000603. The van der Waals surface area contributed by atoms with Crippen molar-refractivity contribution in [3.05, 3.63) is 99.5 Å². The minimum absolute atomic E-state index is 0.00766. The normalized spacial score (nSPS) is 16.2. The van der Waals surface area contributed by atoms with Crippen LogP contribution in [0.1, 0.15) is 64.0 Å². The van der Waals surface area contributed by atoms with Gasteiger partial charge in [-0.1, -0.05) is 36.6 Å². The molecule has 76 heavy (non-hydrogen) atoms. The van der Waals surface area contributed by atoms with Gasteiger partial charge in [-0.15, -0.1) is 0 Å². The number of aromatic nitrogens is 3. The number of allylic oxidation sites excluding steroid dienone is 3. The summed E-state index contributed by atoms with van der Waals surface area (Å²) in [6.45, 7) is 5.52. The third kappa shape index (κ3) is 17.2. The lowest BCUT2D eigenvalue weighted by atomic mass is 9.94. The smallest absolute Gasteiger partial charge is 0.431 e. The van der Waals surface area contributed by atoms with E-state index in [0.29, 0.717) is 35.6 Å². The van der Waals surface area contributed by atoms with E-state index in [-0.39, 0.29) is 62.8 Å². The first-order chi connectivity index (χ1) is 35.4. The standard InChI is InChI=1S/C36H33ClF5N5O6S2.C10H13F5N2.C2H4O2/c1-6-7-29(49)52-20-53-34(50)47(54-4)33-30-27(37)11-10-26(32(30)46(45-33)18-36(40,41)42)25-9-8-24(12-13-35(2,3)55(5)51)44-31(25)28(43-19-48)16-21-14-22(38)17-23(39)15-21;1-3-17-8-6(7(16)10(13,14)15)5(2)4-9(8,11)12;1-4-2-3/h6-11,14-15,17,19,28H,16,18,20H2,1-5H3,(H,43,48);5H,3-4,16H2,1-2H3;2H,1H3/b7-6+;7-6-,17-8?;/t;5-;/m.0./s1. The van der Waals surface area contributed by atoms with Crippen molar-refractivity contribution in [1.29, 1.82) is 0 Å². The first-order valence-corrected chi connectivity index (χ1v) is 25.1. The second-order valence-electron chi connectivity index (χ2n) is 16.3. The van der Waals surface area contributed by atoms with Crippen LogP contribution in [0, 0.1) is 29.4 Å². The number of nitrogens with two attached hydrogens (primary N) is 1. The van der Waals surface area contributed by atoms with Crippen molar-refractivity contribution in [2.24, 2.45) is 16.6 Å². The number of hydrogen-bond acceptors (Lipinski definition) is 13. The molecular formula is C48H50ClF10N7O8S2. The molecule has 1 fully saturated rings. The number of hydrogen-bond donors (Lipinski definition) is 2. The van der Waals surface area contributed by atoms with Crippen LogP contribution in [0.4, 0.5) is 54.5 Å². The first-order valence-electron chi connectivity index (χ1n) is 22.0. The number of anilines is 1. The van der Waals surface area contributed by atoms with E-state index in [0.717, 1.165) is 22.5 Å². The number of nitrogens with one attached hydrogen (secondary N) is 1. The quantitative estimate of drug-likeness (QED) is 0.0218. The minimum atomic E-state index is -4.84. The van der Waals surface area contributed by atoms with Gasteiger partial charge in [-0.05, 0) is 93.8 Å². The zero-order valence-corrected chi connectivity index (χ0v) is 44.0. The van der Waals surface area contributed by atoms with Crippen LogP contribution in [0.2, 0.25) is 5.02 Å². The van der Waals surface area contributed by atoms with Gasteiger partial charge >= 0.3 is 24.4 Å². The summed E-state index contributed by atoms with van der Waals surface area (Å²) in [5, 5.41) is 6.50. The van der Waals surface area contributed by atoms with Gasteiger partial charge in [0.15, 0.2) is 5.82 Å². The zero-order chi connectivity index (χ0) is 57.5. The molecule has 1 aliphatic carbocycles. The molecule has 2 amide bonds. The molecular weight excluding hydrogens is 1090 g/mol. The first kappa shape index (κ1) is 63.6. The number of ether oxygens (including phenoxy) is 3. The second-order valence-corrected chi connectivity index (χ2v) is 19.4. The number of fused-ring (bicyclic) bond motifs is 1. The van der Waals surface area contributed by atoms with E-state index in [1.165, 1.54) is 63.8 Å². The number of carbonyl (C=O) groups excluding carboxylic acids is 4. The van der Waals surface area contributed by atoms with Gasteiger partial charge in [0, 0.05) is 65.1 Å². The highest BCUT2D eigenvalue weighted by Gasteiger charge is 2.51. The summed E-state index contributed by atoms with van der Waals surface area (Å²) >= 11 is 7.34.